The Morgan fingerprint density at radius 1 is 0.946 bits per heavy atom. The summed E-state index contributed by atoms with van der Waals surface area (Å²) < 4.78 is 16.7. The van der Waals surface area contributed by atoms with Crippen molar-refractivity contribution >= 4 is 23.1 Å². The van der Waals surface area contributed by atoms with Crippen LogP contribution in [0.5, 0.6) is 17.2 Å². The van der Waals surface area contributed by atoms with Gasteiger partial charge >= 0.3 is 0 Å². The molecule has 3 aliphatic rings. The lowest BCUT2D eigenvalue weighted by atomic mass is 9.92. The molecule has 3 aliphatic heterocycles. The minimum absolute atomic E-state index is 0.0449. The summed E-state index contributed by atoms with van der Waals surface area (Å²) in [5.41, 5.74) is 3.83. The van der Waals surface area contributed by atoms with Crippen molar-refractivity contribution in [2.75, 3.05) is 11.7 Å². The number of nitrogens with zero attached hydrogens (tertiary/aromatic N) is 1. The van der Waals surface area contributed by atoms with E-state index in [2.05, 4.69) is 13.8 Å². The second kappa shape index (κ2) is 8.69. The van der Waals surface area contributed by atoms with E-state index in [1.165, 1.54) is 4.90 Å². The van der Waals surface area contributed by atoms with Crippen molar-refractivity contribution in [2.45, 2.75) is 45.3 Å². The van der Waals surface area contributed by atoms with Gasteiger partial charge in [-0.05, 0) is 59.9 Å². The van der Waals surface area contributed by atoms with Gasteiger partial charge in [0.15, 0.2) is 11.5 Å². The lowest BCUT2D eigenvalue weighted by Crippen LogP contribution is -2.29. The van der Waals surface area contributed by atoms with Crippen molar-refractivity contribution in [1.82, 2.24) is 0 Å². The number of carbonyl (C=O) groups excluding carboxylic acids is 2. The van der Waals surface area contributed by atoms with Crippen LogP contribution in [0, 0.1) is 0 Å². The van der Waals surface area contributed by atoms with Crippen LogP contribution in [0.1, 0.15) is 55.0 Å². The van der Waals surface area contributed by atoms with Crippen LogP contribution in [0.2, 0.25) is 0 Å². The van der Waals surface area contributed by atoms with Gasteiger partial charge in [0, 0.05) is 23.7 Å². The highest BCUT2D eigenvalue weighted by atomic mass is 16.7. The lowest BCUT2D eigenvalue weighted by Gasteiger charge is -2.26. The smallest absolute Gasteiger partial charge is 0.300 e. The molecule has 0 bridgehead atoms. The maximum Gasteiger partial charge on any atom is 0.300 e. The number of rotatable bonds is 4. The molecule has 1 N–H and O–H groups in total. The van der Waals surface area contributed by atoms with Crippen LogP contribution in [-0.4, -0.2) is 29.7 Å². The Morgan fingerprint density at radius 3 is 2.43 bits per heavy atom. The van der Waals surface area contributed by atoms with Crippen molar-refractivity contribution in [3.05, 3.63) is 88.5 Å². The summed E-state index contributed by atoms with van der Waals surface area (Å²) in [6, 6.07) is 17.5. The molecule has 6 rings (SSSR count). The van der Waals surface area contributed by atoms with Gasteiger partial charge in [-0.2, -0.15) is 0 Å². The number of amides is 1. The molecule has 3 aromatic carbocycles. The number of fused-ring (bicyclic) bond motifs is 2. The first-order valence-electron chi connectivity index (χ1n) is 12.4. The fraction of sp³-hybridized carbons (Fsp3) is 0.267. The van der Waals surface area contributed by atoms with Gasteiger partial charge in [0.25, 0.3) is 11.7 Å². The molecule has 37 heavy (non-hydrogen) atoms. The summed E-state index contributed by atoms with van der Waals surface area (Å²) in [5, 5.41) is 11.5. The van der Waals surface area contributed by atoms with Crippen molar-refractivity contribution in [2.24, 2.45) is 0 Å². The Labute approximate surface area is 214 Å². The maximum atomic E-state index is 13.5. The zero-order chi connectivity index (χ0) is 25.8. The minimum Gasteiger partial charge on any atom is -0.507 e. The summed E-state index contributed by atoms with van der Waals surface area (Å²) in [6.07, 6.45) is 0.755. The first kappa shape index (κ1) is 23.2. The van der Waals surface area contributed by atoms with Gasteiger partial charge in [0.1, 0.15) is 17.6 Å². The zero-order valence-electron chi connectivity index (χ0n) is 20.9. The highest BCUT2D eigenvalue weighted by molar-refractivity contribution is 6.51. The number of ether oxygens (including phenoxy) is 3. The largest absolute Gasteiger partial charge is 0.507 e. The Kier molecular flexibility index (Phi) is 5.44. The number of aliphatic hydroxyl groups excluding tert-OH is 1. The van der Waals surface area contributed by atoms with Gasteiger partial charge in [0.2, 0.25) is 6.79 Å². The van der Waals surface area contributed by atoms with E-state index in [0.717, 1.165) is 22.4 Å². The zero-order valence-corrected chi connectivity index (χ0v) is 20.9. The number of benzene rings is 3. The summed E-state index contributed by atoms with van der Waals surface area (Å²) in [4.78, 5) is 28.4. The van der Waals surface area contributed by atoms with Crippen LogP contribution in [0.25, 0.3) is 5.76 Å². The van der Waals surface area contributed by atoms with Gasteiger partial charge in [-0.3, -0.25) is 14.5 Å². The van der Waals surface area contributed by atoms with Crippen molar-refractivity contribution in [3.63, 3.8) is 0 Å². The maximum absolute atomic E-state index is 13.5. The molecule has 2 unspecified atom stereocenters. The van der Waals surface area contributed by atoms with Gasteiger partial charge < -0.3 is 19.3 Å². The van der Waals surface area contributed by atoms with Crippen LogP contribution in [0.4, 0.5) is 5.69 Å². The first-order chi connectivity index (χ1) is 17.8. The molecule has 1 saturated heterocycles. The Hall–Kier alpha value is -4.26. The molecule has 188 valence electrons. The number of Topliss-reactive ketones (excluding diaryl/α,β-unsaturated/α-hetero) is 1. The third kappa shape index (κ3) is 3.82. The Bertz CT molecular complexity index is 1460. The van der Waals surface area contributed by atoms with Gasteiger partial charge in [0.05, 0.1) is 11.6 Å². The molecule has 3 heterocycles. The molecular formula is C30H27NO6. The normalized spacial score (nSPS) is 21.5. The van der Waals surface area contributed by atoms with Crippen LogP contribution in [-0.2, 0) is 16.0 Å². The molecule has 0 radical (unpaired) electrons. The average Bonchev–Trinajstić information content (AvgIpc) is 3.58. The third-order valence-electron chi connectivity index (χ3n) is 7.17. The monoisotopic (exact) mass is 497 g/mol. The molecule has 7 heteroatoms. The molecule has 1 fully saturated rings. The second-order valence-corrected chi connectivity index (χ2v) is 9.98. The highest BCUT2D eigenvalue weighted by Gasteiger charge is 2.47. The van der Waals surface area contributed by atoms with Gasteiger partial charge in [-0.1, -0.05) is 38.1 Å². The predicted molar refractivity (Wildman–Crippen MR) is 138 cm³/mol. The predicted octanol–water partition coefficient (Wildman–Crippen LogP) is 5.49. The van der Waals surface area contributed by atoms with E-state index in [4.69, 9.17) is 14.2 Å². The average molecular weight is 498 g/mol. The topological polar surface area (TPSA) is 85.3 Å². The first-order valence-corrected chi connectivity index (χ1v) is 12.4. The molecule has 0 aromatic heterocycles. The summed E-state index contributed by atoms with van der Waals surface area (Å²) in [6.45, 7) is 6.29. The van der Waals surface area contributed by atoms with Crippen LogP contribution < -0.4 is 19.1 Å². The SMILES string of the molecule is CC1Cc2cc(/C(O)=C3\C(=O)C(=O)N(c4ccc5c(c4)OCO5)C3c3ccc(C(C)C)cc3)ccc2O1. The standard InChI is InChI=1S/C30H27NO6/c1-16(2)18-4-6-19(7-5-18)27-26(28(32)20-8-10-23-21(13-20)12-17(3)37-23)29(33)30(34)31(27)22-9-11-24-25(14-22)36-15-35-24/h4-11,13-14,16-17,27,32H,12,15H2,1-3H3/b28-26+. The van der Waals surface area contributed by atoms with E-state index < -0.39 is 17.7 Å². The van der Waals surface area contributed by atoms with E-state index in [0.29, 0.717) is 35.1 Å². The number of hydrogen-bond acceptors (Lipinski definition) is 6. The molecule has 1 amide bonds. The Morgan fingerprint density at radius 2 is 1.68 bits per heavy atom. The third-order valence-corrected chi connectivity index (χ3v) is 7.17. The minimum atomic E-state index is -0.815. The molecule has 2 atom stereocenters. The molecule has 0 saturated carbocycles. The van der Waals surface area contributed by atoms with E-state index >= 15 is 0 Å². The van der Waals surface area contributed by atoms with Crippen LogP contribution in [0.15, 0.2) is 66.2 Å². The number of carbonyl (C=O) groups is 2. The quantitative estimate of drug-likeness (QED) is 0.292. The fourth-order valence-electron chi connectivity index (χ4n) is 5.24. The molecule has 3 aromatic rings. The molecule has 0 spiro atoms. The van der Waals surface area contributed by atoms with Gasteiger partial charge in [-0.15, -0.1) is 0 Å². The number of aliphatic hydroxyl groups is 1. The second-order valence-electron chi connectivity index (χ2n) is 9.98. The molecular weight excluding hydrogens is 470 g/mol. The van der Waals surface area contributed by atoms with E-state index in [1.807, 2.05) is 37.3 Å². The Balaban J connectivity index is 1.51. The van der Waals surface area contributed by atoms with Crippen LogP contribution in [0.3, 0.4) is 0 Å². The van der Waals surface area contributed by atoms with Gasteiger partial charge in [-0.25, -0.2) is 0 Å². The highest BCUT2D eigenvalue weighted by Crippen LogP contribution is 2.45. The number of hydrogen-bond donors (Lipinski definition) is 1. The summed E-state index contributed by atoms with van der Waals surface area (Å²) in [7, 11) is 0. The number of ketones is 1. The fourth-order valence-corrected chi connectivity index (χ4v) is 5.24. The number of anilines is 1. The summed E-state index contributed by atoms with van der Waals surface area (Å²) >= 11 is 0. The lowest BCUT2D eigenvalue weighted by molar-refractivity contribution is -0.132. The van der Waals surface area contributed by atoms with E-state index in [9.17, 15) is 14.7 Å². The van der Waals surface area contributed by atoms with Crippen molar-refractivity contribution < 1.29 is 28.9 Å². The van der Waals surface area contributed by atoms with Crippen LogP contribution >= 0.6 is 0 Å². The van der Waals surface area contributed by atoms with E-state index in [-0.39, 0.29) is 24.2 Å². The molecule has 0 aliphatic carbocycles. The van der Waals surface area contributed by atoms with Crippen molar-refractivity contribution in [1.29, 1.82) is 0 Å². The van der Waals surface area contributed by atoms with E-state index in [1.54, 1.807) is 30.3 Å². The van der Waals surface area contributed by atoms with Crippen molar-refractivity contribution in [3.8, 4) is 17.2 Å². The molecule has 7 nitrogen and oxygen atoms in total. The summed E-state index contributed by atoms with van der Waals surface area (Å²) in [5.74, 6) is 0.515.